The highest BCUT2D eigenvalue weighted by molar-refractivity contribution is 5.83. The first kappa shape index (κ1) is 23.4. The second-order valence-electron chi connectivity index (χ2n) is 8.68. The van der Waals surface area contributed by atoms with E-state index in [-0.39, 0.29) is 12.9 Å². The number of benzene rings is 1. The highest BCUT2D eigenvalue weighted by Gasteiger charge is 2.17. The maximum absolute atomic E-state index is 13.1. The van der Waals surface area contributed by atoms with Crippen LogP contribution in [0.2, 0.25) is 0 Å². The Kier molecular flexibility index (Phi) is 7.21. The van der Waals surface area contributed by atoms with Crippen molar-refractivity contribution < 1.29 is 6.22 Å². The minimum absolute atomic E-state index is 0. The van der Waals surface area contributed by atoms with Gasteiger partial charge in [0.05, 0.1) is 22.5 Å². The molecule has 1 aliphatic carbocycles. The molecule has 0 fully saturated rings. The molecule has 0 saturated heterocycles. The average Bonchev–Trinajstić information content (AvgIpc) is 2.98. The van der Waals surface area contributed by atoms with E-state index in [1.807, 2.05) is 51.1 Å². The molecule has 3 aromatic rings. The second-order valence-corrected chi connectivity index (χ2v) is 8.68. The molecule has 1 N–H and O–H groups in total. The molecule has 1 amide bonds. The summed E-state index contributed by atoms with van der Waals surface area (Å²) >= 11 is 0. The molecule has 0 spiro atoms. The Morgan fingerprint density at radius 3 is 2.71 bits per heavy atom. The summed E-state index contributed by atoms with van der Waals surface area (Å²) < 4.78 is 3.23. The third-order valence-electron chi connectivity index (χ3n) is 6.02. The van der Waals surface area contributed by atoms with E-state index in [4.69, 9.17) is 0 Å². The van der Waals surface area contributed by atoms with Crippen molar-refractivity contribution in [3.05, 3.63) is 87.5 Å². The number of nitrogens with zero attached hydrogens (tertiary/aromatic N) is 4. The van der Waals surface area contributed by atoms with Gasteiger partial charge < -0.3 is 5.32 Å². The summed E-state index contributed by atoms with van der Waals surface area (Å²) in [5, 5.41) is 12.9. The van der Waals surface area contributed by atoms with Crippen LogP contribution in [0.4, 0.5) is 0 Å². The van der Waals surface area contributed by atoms with Crippen molar-refractivity contribution in [3.8, 4) is 5.69 Å². The van der Waals surface area contributed by atoms with Crippen molar-refractivity contribution in [2.75, 3.05) is 6.54 Å². The molecule has 178 valence electrons. The van der Waals surface area contributed by atoms with Crippen LogP contribution in [0.5, 0.6) is 0 Å². The molecule has 2 heterocycles. The van der Waals surface area contributed by atoms with Gasteiger partial charge in [-0.15, -0.1) is 0 Å². The maximum atomic E-state index is 13.1. The van der Waals surface area contributed by atoms with Gasteiger partial charge in [0.2, 0.25) is 5.91 Å². The van der Waals surface area contributed by atoms with Crippen LogP contribution < -0.4 is 10.9 Å². The van der Waals surface area contributed by atoms with Gasteiger partial charge in [-0.05, 0) is 57.7 Å². The molecule has 0 aliphatic heterocycles. The minimum atomic E-state index is -0.227. The lowest BCUT2D eigenvalue weighted by Crippen LogP contribution is -2.27. The summed E-state index contributed by atoms with van der Waals surface area (Å²) in [6.45, 7) is 6.85. The van der Waals surface area contributed by atoms with Gasteiger partial charge in [-0.1, -0.05) is 48.1 Å². The van der Waals surface area contributed by atoms with E-state index in [0.717, 1.165) is 40.9 Å². The number of aromatic nitrogens is 4. The standard InChI is InChI=1S/C27H31N5O2.H2/c1-19-12-14-23(15-13-19)32-21(3)25-20(2)29-31(27(34)26(25)30-32)18-8-11-24(33)28-17-16-22-9-6-4-5-7-10-22;/h4,6-7,9-10,12-15H,5,8,11,16-18H2,1-3H3,(H,28,33);1H. The third-order valence-corrected chi connectivity index (χ3v) is 6.02. The molecule has 7 nitrogen and oxygen atoms in total. The number of hydrogen-bond donors (Lipinski definition) is 1. The molecule has 34 heavy (non-hydrogen) atoms. The third kappa shape index (κ3) is 5.25. The van der Waals surface area contributed by atoms with E-state index in [0.29, 0.717) is 31.4 Å². The fraction of sp³-hybridized carbons (Fsp3) is 0.333. The van der Waals surface area contributed by atoms with Gasteiger partial charge in [0.1, 0.15) is 0 Å². The lowest BCUT2D eigenvalue weighted by Gasteiger charge is -2.08. The molecule has 4 rings (SSSR count). The van der Waals surface area contributed by atoms with Gasteiger partial charge in [-0.3, -0.25) is 9.59 Å². The number of carbonyl (C=O) groups is 1. The Bertz CT molecular complexity index is 1350. The summed E-state index contributed by atoms with van der Waals surface area (Å²) in [6.07, 6.45) is 13.1. The maximum Gasteiger partial charge on any atom is 0.295 e. The van der Waals surface area contributed by atoms with Crippen LogP contribution in [0.15, 0.2) is 65.0 Å². The molecular weight excluding hydrogens is 426 g/mol. The normalized spacial score (nSPS) is 13.2. The van der Waals surface area contributed by atoms with Crippen molar-refractivity contribution in [2.24, 2.45) is 0 Å². The smallest absolute Gasteiger partial charge is 0.295 e. The first-order valence-corrected chi connectivity index (χ1v) is 11.8. The molecule has 1 aromatic carbocycles. The highest BCUT2D eigenvalue weighted by Crippen LogP contribution is 2.21. The van der Waals surface area contributed by atoms with Crippen LogP contribution in [-0.4, -0.2) is 32.0 Å². The van der Waals surface area contributed by atoms with E-state index in [9.17, 15) is 9.59 Å². The Labute approximate surface area is 201 Å². The molecule has 7 heteroatoms. The van der Waals surface area contributed by atoms with Gasteiger partial charge in [-0.2, -0.15) is 10.2 Å². The monoisotopic (exact) mass is 459 g/mol. The summed E-state index contributed by atoms with van der Waals surface area (Å²) in [4.78, 5) is 25.3. The van der Waals surface area contributed by atoms with Gasteiger partial charge in [0.25, 0.3) is 5.56 Å². The quantitative estimate of drug-likeness (QED) is 0.538. The predicted molar refractivity (Wildman–Crippen MR) is 137 cm³/mol. The molecule has 0 bridgehead atoms. The fourth-order valence-corrected chi connectivity index (χ4v) is 4.19. The Morgan fingerprint density at radius 1 is 1.12 bits per heavy atom. The molecule has 2 aromatic heterocycles. The van der Waals surface area contributed by atoms with E-state index >= 15 is 0 Å². The van der Waals surface area contributed by atoms with Crippen molar-refractivity contribution >= 4 is 16.8 Å². The van der Waals surface area contributed by atoms with Crippen LogP contribution in [0, 0.1) is 20.8 Å². The first-order chi connectivity index (χ1) is 16.4. The molecule has 1 aliphatic rings. The number of amides is 1. The second kappa shape index (κ2) is 10.5. The minimum Gasteiger partial charge on any atom is -0.356 e. The fourth-order valence-electron chi connectivity index (χ4n) is 4.19. The number of nitrogens with one attached hydrogen (secondary N) is 1. The Balaban J connectivity index is 0.00000342. The zero-order valence-electron chi connectivity index (χ0n) is 20.0. The topological polar surface area (TPSA) is 81.8 Å². The number of fused-ring (bicyclic) bond motifs is 1. The first-order valence-electron chi connectivity index (χ1n) is 11.8. The van der Waals surface area contributed by atoms with Crippen molar-refractivity contribution in [2.45, 2.75) is 53.0 Å². The van der Waals surface area contributed by atoms with Gasteiger partial charge in [0, 0.05) is 20.9 Å². The van der Waals surface area contributed by atoms with E-state index in [1.165, 1.54) is 10.3 Å². The summed E-state index contributed by atoms with van der Waals surface area (Å²) in [5.41, 5.74) is 5.11. The molecular formula is C27H33N5O2. The van der Waals surface area contributed by atoms with Gasteiger partial charge in [-0.25, -0.2) is 9.36 Å². The SMILES string of the molecule is Cc1ccc(-n2nc3c(=O)n(CCCC(=O)NCCC4=CC=CCC=C4)nc(C)c3c2C)cc1.[HH]. The summed E-state index contributed by atoms with van der Waals surface area (Å²) in [7, 11) is 0. The van der Waals surface area contributed by atoms with Crippen LogP contribution in [0.3, 0.4) is 0 Å². The predicted octanol–water partition coefficient (Wildman–Crippen LogP) is 4.48. The van der Waals surface area contributed by atoms with Crippen molar-refractivity contribution in [1.29, 1.82) is 0 Å². The molecule has 0 radical (unpaired) electrons. The van der Waals surface area contributed by atoms with Gasteiger partial charge in [0.15, 0.2) is 5.52 Å². The van der Waals surface area contributed by atoms with E-state index < -0.39 is 0 Å². The number of hydrogen-bond acceptors (Lipinski definition) is 4. The van der Waals surface area contributed by atoms with E-state index in [2.05, 4.69) is 39.8 Å². The van der Waals surface area contributed by atoms with Gasteiger partial charge >= 0.3 is 0 Å². The number of allylic oxidation sites excluding steroid dienone is 5. The van der Waals surface area contributed by atoms with Crippen molar-refractivity contribution in [3.63, 3.8) is 0 Å². The van der Waals surface area contributed by atoms with E-state index in [1.54, 1.807) is 4.68 Å². The molecule has 0 atom stereocenters. The van der Waals surface area contributed by atoms with Crippen molar-refractivity contribution in [1.82, 2.24) is 24.9 Å². The van der Waals surface area contributed by atoms with Crippen LogP contribution in [0.25, 0.3) is 16.6 Å². The van der Waals surface area contributed by atoms with Crippen LogP contribution in [-0.2, 0) is 11.3 Å². The summed E-state index contributed by atoms with van der Waals surface area (Å²) in [5.74, 6) is -0.0147. The average molecular weight is 460 g/mol. The lowest BCUT2D eigenvalue weighted by atomic mass is 10.1. The number of aryl methyl sites for hydroxylation is 4. The largest absolute Gasteiger partial charge is 0.356 e. The number of rotatable bonds is 8. The lowest BCUT2D eigenvalue weighted by molar-refractivity contribution is -0.121. The zero-order valence-corrected chi connectivity index (χ0v) is 20.0. The zero-order chi connectivity index (χ0) is 24.1. The van der Waals surface area contributed by atoms with Crippen LogP contribution in [0.1, 0.15) is 44.1 Å². The summed E-state index contributed by atoms with van der Waals surface area (Å²) in [6, 6.07) is 8.04. The molecule has 0 saturated carbocycles. The Hall–Kier alpha value is -3.74. The molecule has 0 unspecified atom stereocenters. The number of carbonyl (C=O) groups excluding carboxylic acids is 1. The Morgan fingerprint density at radius 2 is 1.91 bits per heavy atom. The highest BCUT2D eigenvalue weighted by atomic mass is 16.1. The van der Waals surface area contributed by atoms with Crippen LogP contribution >= 0.6 is 0 Å².